The van der Waals surface area contributed by atoms with Gasteiger partial charge in [-0.15, -0.1) is 6.42 Å². The van der Waals surface area contributed by atoms with Gasteiger partial charge in [0.2, 0.25) is 0 Å². The zero-order chi connectivity index (χ0) is 14.0. The molecule has 1 N–H and O–H groups in total. The summed E-state index contributed by atoms with van der Waals surface area (Å²) in [7, 11) is 0. The molecule has 0 aliphatic rings. The van der Waals surface area contributed by atoms with Gasteiger partial charge >= 0.3 is 0 Å². The molecule has 0 aliphatic heterocycles. The number of aliphatic hydroxyl groups is 1. The first kappa shape index (κ1) is 16.9. The van der Waals surface area contributed by atoms with Gasteiger partial charge in [0.25, 0.3) is 0 Å². The first-order chi connectivity index (χ1) is 8.49. The molecule has 0 rings (SSSR count). The largest absolute Gasteiger partial charge is 0.365 e. The van der Waals surface area contributed by atoms with E-state index in [-0.39, 0.29) is 5.92 Å². The molecule has 0 amide bonds. The van der Waals surface area contributed by atoms with Crippen molar-refractivity contribution in [1.82, 2.24) is 0 Å². The number of ether oxygens (including phenoxy) is 1. The highest BCUT2D eigenvalue weighted by Crippen LogP contribution is 2.03. The van der Waals surface area contributed by atoms with E-state index >= 15 is 0 Å². The van der Waals surface area contributed by atoms with Crippen LogP contribution in [0.1, 0.15) is 34.1 Å². The molecule has 0 aromatic carbocycles. The Morgan fingerprint density at radius 2 is 2.06 bits per heavy atom. The van der Waals surface area contributed by atoms with Gasteiger partial charge in [-0.2, -0.15) is 0 Å². The molecule has 1 unspecified atom stereocenters. The van der Waals surface area contributed by atoms with Crippen molar-refractivity contribution in [3.05, 3.63) is 12.2 Å². The maximum Gasteiger partial charge on any atom is 0.174 e. The van der Waals surface area contributed by atoms with Crippen molar-refractivity contribution in [1.29, 1.82) is 0 Å². The average molecular weight is 251 g/mol. The number of hydrogen-bond acceptors (Lipinski definition) is 3. The van der Waals surface area contributed by atoms with Gasteiger partial charge in [0, 0.05) is 6.54 Å². The highest BCUT2D eigenvalue weighted by atomic mass is 16.6. The van der Waals surface area contributed by atoms with Gasteiger partial charge in [-0.3, -0.25) is 4.99 Å². The van der Waals surface area contributed by atoms with E-state index in [1.54, 1.807) is 6.08 Å². The summed E-state index contributed by atoms with van der Waals surface area (Å²) in [5.74, 6) is 3.20. The summed E-state index contributed by atoms with van der Waals surface area (Å²) < 4.78 is 5.22. The zero-order valence-electron chi connectivity index (χ0n) is 11.9. The van der Waals surface area contributed by atoms with Gasteiger partial charge in [0.15, 0.2) is 6.29 Å². The van der Waals surface area contributed by atoms with Crippen LogP contribution in [0, 0.1) is 24.2 Å². The second-order valence-electron chi connectivity index (χ2n) is 4.77. The molecule has 0 radical (unpaired) electrons. The number of rotatable bonds is 8. The zero-order valence-corrected chi connectivity index (χ0v) is 11.9. The van der Waals surface area contributed by atoms with E-state index in [0.717, 1.165) is 12.1 Å². The van der Waals surface area contributed by atoms with Crippen molar-refractivity contribution >= 4 is 5.71 Å². The molecule has 2 atom stereocenters. The Hall–Kier alpha value is -1.11. The van der Waals surface area contributed by atoms with Crippen molar-refractivity contribution in [3.63, 3.8) is 0 Å². The first-order valence-corrected chi connectivity index (χ1v) is 6.47. The van der Waals surface area contributed by atoms with E-state index in [0.29, 0.717) is 19.1 Å². The topological polar surface area (TPSA) is 41.8 Å². The summed E-state index contributed by atoms with van der Waals surface area (Å²) >= 11 is 0. The third kappa shape index (κ3) is 8.98. The minimum atomic E-state index is -0.836. The van der Waals surface area contributed by atoms with Crippen LogP contribution in [0.4, 0.5) is 0 Å². The lowest BCUT2D eigenvalue weighted by atomic mass is 10.1. The van der Waals surface area contributed by atoms with Crippen molar-refractivity contribution in [2.75, 3.05) is 13.2 Å². The maximum absolute atomic E-state index is 9.54. The predicted molar refractivity (Wildman–Crippen MR) is 76.5 cm³/mol. The Morgan fingerprint density at radius 1 is 1.39 bits per heavy atom. The summed E-state index contributed by atoms with van der Waals surface area (Å²) in [5, 5.41) is 9.54. The van der Waals surface area contributed by atoms with Crippen molar-refractivity contribution < 1.29 is 9.84 Å². The van der Waals surface area contributed by atoms with E-state index in [2.05, 4.69) is 10.9 Å². The van der Waals surface area contributed by atoms with E-state index in [1.807, 2.05) is 33.8 Å². The highest BCUT2D eigenvalue weighted by Gasteiger charge is 2.02. The predicted octanol–water partition coefficient (Wildman–Crippen LogP) is 2.65. The van der Waals surface area contributed by atoms with Crippen LogP contribution in [0.15, 0.2) is 17.1 Å². The molecule has 0 aromatic rings. The van der Waals surface area contributed by atoms with E-state index in [1.165, 1.54) is 0 Å². The lowest BCUT2D eigenvalue weighted by Crippen LogP contribution is -2.13. The molecule has 0 saturated carbocycles. The summed E-state index contributed by atoms with van der Waals surface area (Å²) in [4.78, 5) is 4.32. The number of aliphatic hydroxyl groups excluding tert-OH is 1. The van der Waals surface area contributed by atoms with Gasteiger partial charge in [-0.25, -0.2) is 0 Å². The Bertz CT molecular complexity index is 313. The van der Waals surface area contributed by atoms with E-state index in [9.17, 15) is 5.11 Å². The minimum absolute atomic E-state index is 0.234. The molecule has 3 heteroatoms. The molecule has 0 spiro atoms. The number of nitrogens with zero attached hydrogens (tertiary/aromatic N) is 1. The SMILES string of the molecule is C#CC(CC)=NC[C@H](C)/C=C/C(O)OCC(C)C. The first-order valence-electron chi connectivity index (χ1n) is 6.47. The van der Waals surface area contributed by atoms with Crippen molar-refractivity contribution in [2.24, 2.45) is 16.8 Å². The maximum atomic E-state index is 9.54. The van der Waals surface area contributed by atoms with Crippen LogP contribution in [0.3, 0.4) is 0 Å². The molecular weight excluding hydrogens is 226 g/mol. The van der Waals surface area contributed by atoms with Crippen molar-refractivity contribution in [3.8, 4) is 12.3 Å². The number of aliphatic imine (C=N–C) groups is 1. The minimum Gasteiger partial charge on any atom is -0.365 e. The molecule has 18 heavy (non-hydrogen) atoms. The molecule has 0 heterocycles. The quantitative estimate of drug-likeness (QED) is 0.312. The monoisotopic (exact) mass is 251 g/mol. The van der Waals surface area contributed by atoms with Gasteiger partial charge in [0.1, 0.15) is 0 Å². The Balaban J connectivity index is 4.04. The number of terminal acetylenes is 1. The van der Waals surface area contributed by atoms with E-state index < -0.39 is 6.29 Å². The summed E-state index contributed by atoms with van der Waals surface area (Å²) in [6, 6.07) is 0. The van der Waals surface area contributed by atoms with Crippen LogP contribution in [0.25, 0.3) is 0 Å². The van der Waals surface area contributed by atoms with Crippen LogP contribution in [-0.4, -0.2) is 30.3 Å². The van der Waals surface area contributed by atoms with Crippen LogP contribution in [0.2, 0.25) is 0 Å². The second kappa shape index (κ2) is 9.87. The Labute approximate surface area is 111 Å². The molecular formula is C15H25NO2. The van der Waals surface area contributed by atoms with E-state index in [4.69, 9.17) is 11.2 Å². The van der Waals surface area contributed by atoms with Crippen LogP contribution in [-0.2, 0) is 4.74 Å². The third-order valence-electron chi connectivity index (χ3n) is 2.28. The third-order valence-corrected chi connectivity index (χ3v) is 2.28. The van der Waals surface area contributed by atoms with Crippen LogP contribution < -0.4 is 0 Å². The summed E-state index contributed by atoms with van der Waals surface area (Å²) in [6.45, 7) is 9.29. The molecule has 0 aliphatic carbocycles. The number of hydrogen-bond donors (Lipinski definition) is 1. The molecule has 3 nitrogen and oxygen atoms in total. The second-order valence-corrected chi connectivity index (χ2v) is 4.77. The Kier molecular flexibility index (Phi) is 9.26. The fraction of sp³-hybridized carbons (Fsp3) is 0.667. The fourth-order valence-corrected chi connectivity index (χ4v) is 1.21. The standard InChI is InChI=1S/C15H25NO2/c1-6-14(7-2)16-10-13(5)8-9-15(17)18-11-12(3)4/h1,8-9,12-13,15,17H,7,10-11H2,2-5H3/b9-8+,16-14?/t13-,15?/m1/s1. The lowest BCUT2D eigenvalue weighted by Gasteiger charge is -2.10. The molecule has 0 fully saturated rings. The van der Waals surface area contributed by atoms with Crippen LogP contribution in [0.5, 0.6) is 0 Å². The fourth-order valence-electron chi connectivity index (χ4n) is 1.21. The van der Waals surface area contributed by atoms with Gasteiger partial charge in [-0.05, 0) is 24.3 Å². The normalized spacial score (nSPS) is 15.9. The van der Waals surface area contributed by atoms with Crippen LogP contribution >= 0.6 is 0 Å². The van der Waals surface area contributed by atoms with Gasteiger partial charge in [-0.1, -0.05) is 39.7 Å². The molecule has 0 saturated heterocycles. The molecule has 0 aromatic heterocycles. The lowest BCUT2D eigenvalue weighted by molar-refractivity contribution is -0.0732. The average Bonchev–Trinajstić information content (AvgIpc) is 2.35. The van der Waals surface area contributed by atoms with Gasteiger partial charge < -0.3 is 9.84 Å². The Morgan fingerprint density at radius 3 is 2.56 bits per heavy atom. The summed E-state index contributed by atoms with van der Waals surface area (Å²) in [6.07, 6.45) is 8.81. The molecule has 102 valence electrons. The van der Waals surface area contributed by atoms with Crippen molar-refractivity contribution in [2.45, 2.75) is 40.4 Å². The van der Waals surface area contributed by atoms with Gasteiger partial charge in [0.05, 0.1) is 12.3 Å². The summed E-state index contributed by atoms with van der Waals surface area (Å²) in [5.41, 5.74) is 0.784. The smallest absolute Gasteiger partial charge is 0.174 e. The molecule has 0 bridgehead atoms. The highest BCUT2D eigenvalue weighted by molar-refractivity contribution is 5.99.